The molecular formula is C22H29LiO3P+. The molecule has 5 heteroatoms. The van der Waals surface area contributed by atoms with Gasteiger partial charge in [0.2, 0.25) is 0 Å². The van der Waals surface area contributed by atoms with E-state index in [0.29, 0.717) is 0 Å². The Morgan fingerprint density at radius 2 is 1.56 bits per heavy atom. The Labute approximate surface area is 177 Å². The number of methoxy groups -OCH3 is 1. The van der Waals surface area contributed by atoms with Gasteiger partial charge in [0.25, 0.3) is 0 Å². The molecule has 2 rings (SSSR count). The van der Waals surface area contributed by atoms with Crippen molar-refractivity contribution in [1.82, 2.24) is 0 Å². The zero-order chi connectivity index (χ0) is 19.5. The van der Waals surface area contributed by atoms with Crippen LogP contribution in [0.5, 0.6) is 5.75 Å². The molecule has 2 unspecified atom stereocenters. The molecule has 0 heterocycles. The van der Waals surface area contributed by atoms with Crippen LogP contribution in [-0.4, -0.2) is 18.9 Å². The summed E-state index contributed by atoms with van der Waals surface area (Å²) < 4.78 is 10.7. The first-order valence-electron chi connectivity index (χ1n) is 8.84. The van der Waals surface area contributed by atoms with Gasteiger partial charge in [-0.3, -0.25) is 4.79 Å². The van der Waals surface area contributed by atoms with E-state index in [1.165, 1.54) is 5.56 Å². The number of hydrogen-bond donors (Lipinski definition) is 0. The number of benzene rings is 2. The SMILES string of the molecule is COC(C)Oc1ccc(PC(=O)c2c(C)cc(C(C)(C)C)cc2C)cc1.[Li+]. The number of aryl methyl sites for hydroxylation is 2. The number of carbonyl (C=O) groups is 1. The van der Waals surface area contributed by atoms with Crippen molar-refractivity contribution in [3.63, 3.8) is 0 Å². The Morgan fingerprint density at radius 1 is 1.04 bits per heavy atom. The number of carbonyl (C=O) groups excluding carboxylic acids is 1. The monoisotopic (exact) mass is 379 g/mol. The molecule has 0 saturated heterocycles. The molecule has 0 aliphatic carbocycles. The van der Waals surface area contributed by atoms with Crippen LogP contribution in [0.3, 0.4) is 0 Å². The van der Waals surface area contributed by atoms with Crippen molar-refractivity contribution in [2.45, 2.75) is 53.2 Å². The summed E-state index contributed by atoms with van der Waals surface area (Å²) in [6.07, 6.45) is -0.295. The molecule has 2 aromatic carbocycles. The van der Waals surface area contributed by atoms with E-state index in [4.69, 9.17) is 9.47 Å². The molecule has 0 spiro atoms. The minimum Gasteiger partial charge on any atom is -0.465 e. The van der Waals surface area contributed by atoms with Crippen molar-refractivity contribution in [2.24, 2.45) is 0 Å². The minimum absolute atomic E-state index is 0. The van der Waals surface area contributed by atoms with Crippen LogP contribution in [0.1, 0.15) is 54.7 Å². The zero-order valence-corrected chi connectivity index (χ0v) is 18.8. The zero-order valence-electron chi connectivity index (χ0n) is 17.8. The molecule has 2 atom stereocenters. The van der Waals surface area contributed by atoms with Crippen LogP contribution in [0.2, 0.25) is 0 Å². The molecule has 0 aromatic heterocycles. The van der Waals surface area contributed by atoms with Gasteiger partial charge in [-0.25, -0.2) is 0 Å². The van der Waals surface area contributed by atoms with Gasteiger partial charge in [-0.1, -0.05) is 45.0 Å². The van der Waals surface area contributed by atoms with E-state index in [1.54, 1.807) is 7.11 Å². The second kappa shape index (κ2) is 9.90. The van der Waals surface area contributed by atoms with Crippen molar-refractivity contribution in [3.8, 4) is 5.75 Å². The molecule has 0 saturated carbocycles. The molecular weight excluding hydrogens is 350 g/mol. The average molecular weight is 379 g/mol. The van der Waals surface area contributed by atoms with Crippen LogP contribution in [0.25, 0.3) is 0 Å². The summed E-state index contributed by atoms with van der Waals surface area (Å²) in [4.78, 5) is 12.9. The summed E-state index contributed by atoms with van der Waals surface area (Å²) in [5.74, 6) is 0.738. The fraction of sp³-hybridized carbons (Fsp3) is 0.409. The van der Waals surface area contributed by atoms with Gasteiger partial charge in [-0.05, 0) is 68.9 Å². The van der Waals surface area contributed by atoms with Gasteiger partial charge in [0, 0.05) is 12.7 Å². The molecule has 0 aliphatic rings. The van der Waals surface area contributed by atoms with E-state index in [1.807, 2.05) is 45.0 Å². The Bertz CT molecular complexity index is 756. The van der Waals surface area contributed by atoms with Crippen LogP contribution in [0, 0.1) is 13.8 Å². The molecule has 0 aliphatic heterocycles. The minimum atomic E-state index is -0.295. The fourth-order valence-electron chi connectivity index (χ4n) is 2.80. The number of ether oxygens (including phenoxy) is 2. The van der Waals surface area contributed by atoms with Crippen molar-refractivity contribution < 1.29 is 33.1 Å². The largest absolute Gasteiger partial charge is 1.00 e. The molecule has 0 amide bonds. The van der Waals surface area contributed by atoms with E-state index in [-0.39, 0.29) is 44.7 Å². The third kappa shape index (κ3) is 6.48. The molecule has 140 valence electrons. The number of rotatable bonds is 6. The standard InChI is InChI=1S/C22H29O3P.Li/c1-14-12-17(22(4,5)6)13-15(2)20(14)21(23)26-19-10-8-18(9-11-19)25-16(3)24-7;/h8-13,16,26H,1-7H3;/q;+1. The summed E-state index contributed by atoms with van der Waals surface area (Å²) in [6.45, 7) is 12.5. The first-order chi connectivity index (χ1) is 12.1. The second-order valence-electron chi connectivity index (χ2n) is 7.63. The quantitative estimate of drug-likeness (QED) is 0.438. The maximum Gasteiger partial charge on any atom is 1.00 e. The molecule has 0 bridgehead atoms. The molecule has 3 nitrogen and oxygen atoms in total. The third-order valence-corrected chi connectivity index (χ3v) is 5.47. The molecule has 0 fully saturated rings. The van der Waals surface area contributed by atoms with Crippen molar-refractivity contribution in [2.75, 3.05) is 7.11 Å². The van der Waals surface area contributed by atoms with E-state index in [9.17, 15) is 4.79 Å². The van der Waals surface area contributed by atoms with E-state index < -0.39 is 0 Å². The Morgan fingerprint density at radius 3 is 2.00 bits per heavy atom. The van der Waals surface area contributed by atoms with E-state index in [2.05, 4.69) is 32.9 Å². The van der Waals surface area contributed by atoms with Crippen molar-refractivity contribution in [1.29, 1.82) is 0 Å². The molecule has 2 aromatic rings. The Kier molecular flexibility index (Phi) is 8.78. The smallest absolute Gasteiger partial charge is 0.465 e. The average Bonchev–Trinajstić information content (AvgIpc) is 2.55. The maximum absolute atomic E-state index is 12.9. The predicted molar refractivity (Wildman–Crippen MR) is 110 cm³/mol. The normalized spacial score (nSPS) is 12.7. The summed E-state index contributed by atoms with van der Waals surface area (Å²) >= 11 is 0. The first kappa shape index (κ1) is 23.9. The second-order valence-corrected chi connectivity index (χ2v) is 8.92. The van der Waals surface area contributed by atoms with Crippen molar-refractivity contribution >= 4 is 19.4 Å². The van der Waals surface area contributed by atoms with Crippen LogP contribution < -0.4 is 28.9 Å². The maximum atomic E-state index is 12.9. The van der Waals surface area contributed by atoms with Gasteiger partial charge in [-0.15, -0.1) is 0 Å². The first-order valence-corrected chi connectivity index (χ1v) is 9.84. The summed E-state index contributed by atoms with van der Waals surface area (Å²) in [7, 11) is 1.70. The number of hydrogen-bond acceptors (Lipinski definition) is 3. The molecule has 0 N–H and O–H groups in total. The van der Waals surface area contributed by atoms with Crippen molar-refractivity contribution in [3.05, 3.63) is 58.7 Å². The predicted octanol–water partition coefficient (Wildman–Crippen LogP) is 2.12. The van der Waals surface area contributed by atoms with E-state index >= 15 is 0 Å². The topological polar surface area (TPSA) is 35.5 Å². The van der Waals surface area contributed by atoms with Gasteiger partial charge in [0.1, 0.15) is 5.75 Å². The van der Waals surface area contributed by atoms with Gasteiger partial charge >= 0.3 is 18.9 Å². The molecule has 0 radical (unpaired) electrons. The van der Waals surface area contributed by atoms with Gasteiger partial charge in [0.15, 0.2) is 11.8 Å². The van der Waals surface area contributed by atoms with Gasteiger partial charge < -0.3 is 9.47 Å². The van der Waals surface area contributed by atoms with E-state index in [0.717, 1.165) is 27.7 Å². The van der Waals surface area contributed by atoms with Gasteiger partial charge in [0.05, 0.1) is 0 Å². The third-order valence-electron chi connectivity index (χ3n) is 4.37. The fourth-order valence-corrected chi connectivity index (χ4v) is 3.92. The van der Waals surface area contributed by atoms with Crippen LogP contribution >= 0.6 is 8.58 Å². The van der Waals surface area contributed by atoms with Crippen LogP contribution in [0.4, 0.5) is 0 Å². The van der Waals surface area contributed by atoms with Crippen LogP contribution in [-0.2, 0) is 10.2 Å². The summed E-state index contributed by atoms with van der Waals surface area (Å²) in [5.41, 5.74) is 4.49. The Balaban J connectivity index is 0.00000364. The van der Waals surface area contributed by atoms with Crippen LogP contribution in [0.15, 0.2) is 36.4 Å². The molecule has 27 heavy (non-hydrogen) atoms. The van der Waals surface area contributed by atoms with Gasteiger partial charge in [-0.2, -0.15) is 0 Å². The summed E-state index contributed by atoms with van der Waals surface area (Å²) in [5, 5.41) is 1.01. The summed E-state index contributed by atoms with van der Waals surface area (Å²) in [6, 6.07) is 12.0. The Hall–Kier alpha value is -1.10.